The molecule has 2 atom stereocenters. The largest absolute Gasteiger partial charge is 0.380 e. The summed E-state index contributed by atoms with van der Waals surface area (Å²) in [5.74, 6) is 0.883. The lowest BCUT2D eigenvalue weighted by Crippen LogP contribution is -2.17. The molecule has 0 amide bonds. The molecule has 1 aromatic heterocycles. The number of hydrogen-bond donors (Lipinski definition) is 0. The van der Waals surface area contributed by atoms with Crippen molar-refractivity contribution in [3.8, 4) is 0 Å². The van der Waals surface area contributed by atoms with Crippen LogP contribution < -0.4 is 0 Å². The Bertz CT molecular complexity index is 553. The van der Waals surface area contributed by atoms with Gasteiger partial charge in [-0.15, -0.1) is 11.6 Å². The van der Waals surface area contributed by atoms with Crippen LogP contribution in [0.5, 0.6) is 0 Å². The van der Waals surface area contributed by atoms with E-state index in [1.165, 1.54) is 0 Å². The maximum Gasteiger partial charge on any atom is 0.127 e. The van der Waals surface area contributed by atoms with Gasteiger partial charge in [-0.3, -0.25) is 0 Å². The minimum Gasteiger partial charge on any atom is -0.380 e. The third kappa shape index (κ3) is 2.71. The highest BCUT2D eigenvalue weighted by molar-refractivity contribution is 9.10. The molecule has 0 bridgehead atoms. The van der Waals surface area contributed by atoms with Crippen LogP contribution in [0.25, 0.3) is 11.0 Å². The molecule has 0 radical (unpaired) electrons. The fourth-order valence-electron chi connectivity index (χ4n) is 1.94. The van der Waals surface area contributed by atoms with Gasteiger partial charge in [-0.25, -0.2) is 4.98 Å². The van der Waals surface area contributed by atoms with Crippen molar-refractivity contribution >= 4 is 38.6 Å². The number of methoxy groups -OCH3 is 1. The first-order valence-corrected chi connectivity index (χ1v) is 7.08. The Hall–Kier alpha value is -0.580. The van der Waals surface area contributed by atoms with Crippen molar-refractivity contribution in [3.05, 3.63) is 28.5 Å². The second-order valence-corrected chi connectivity index (χ2v) is 5.95. The third-order valence-corrected chi connectivity index (χ3v) is 3.63. The molecule has 2 unspecified atom stereocenters. The van der Waals surface area contributed by atoms with Gasteiger partial charge in [-0.05, 0) is 32.0 Å². The Balaban J connectivity index is 2.57. The van der Waals surface area contributed by atoms with Crippen LogP contribution in [-0.4, -0.2) is 22.8 Å². The third-order valence-electron chi connectivity index (χ3n) is 2.94. The Labute approximate surface area is 120 Å². The van der Waals surface area contributed by atoms with Crippen LogP contribution in [0.2, 0.25) is 0 Å². The number of aromatic nitrogens is 2. The van der Waals surface area contributed by atoms with E-state index in [4.69, 9.17) is 16.3 Å². The van der Waals surface area contributed by atoms with Gasteiger partial charge in [-0.2, -0.15) is 0 Å². The maximum absolute atomic E-state index is 6.21. The number of ether oxygens (including phenoxy) is 1. The molecule has 2 aromatic rings. The number of hydrogen-bond acceptors (Lipinski definition) is 2. The van der Waals surface area contributed by atoms with E-state index in [-0.39, 0.29) is 11.5 Å². The number of benzene rings is 1. The maximum atomic E-state index is 6.21. The summed E-state index contributed by atoms with van der Waals surface area (Å²) in [6, 6.07) is 6.05. The van der Waals surface area contributed by atoms with Crippen LogP contribution in [-0.2, 0) is 11.3 Å². The molecule has 0 aliphatic rings. The first-order valence-electron chi connectivity index (χ1n) is 5.85. The van der Waals surface area contributed by atoms with Gasteiger partial charge in [0.25, 0.3) is 0 Å². The fraction of sp³-hybridized carbons (Fsp3) is 0.462. The van der Waals surface area contributed by atoms with Gasteiger partial charge < -0.3 is 9.30 Å². The standard InChI is InChI=1S/C13H16BrClN2O/c1-8(18-3)7-17-12-6-10(14)4-5-11(12)16-13(17)9(2)15/h4-6,8-9H,7H2,1-3H3. The van der Waals surface area contributed by atoms with Gasteiger partial charge >= 0.3 is 0 Å². The molecule has 3 nitrogen and oxygen atoms in total. The summed E-state index contributed by atoms with van der Waals surface area (Å²) >= 11 is 9.70. The predicted octanol–water partition coefficient (Wildman–Crippen LogP) is 4.13. The molecule has 2 rings (SSSR count). The highest BCUT2D eigenvalue weighted by atomic mass is 79.9. The second-order valence-electron chi connectivity index (χ2n) is 4.38. The van der Waals surface area contributed by atoms with Crippen LogP contribution in [0.1, 0.15) is 25.0 Å². The van der Waals surface area contributed by atoms with Crippen molar-refractivity contribution < 1.29 is 4.74 Å². The smallest absolute Gasteiger partial charge is 0.127 e. The Morgan fingerprint density at radius 2 is 2.17 bits per heavy atom. The molecule has 0 N–H and O–H groups in total. The zero-order valence-corrected chi connectivity index (χ0v) is 13.0. The Morgan fingerprint density at radius 1 is 1.44 bits per heavy atom. The minimum atomic E-state index is -0.125. The number of alkyl halides is 1. The van der Waals surface area contributed by atoms with Crippen molar-refractivity contribution in [2.24, 2.45) is 0 Å². The monoisotopic (exact) mass is 330 g/mol. The van der Waals surface area contributed by atoms with E-state index < -0.39 is 0 Å². The number of fused-ring (bicyclic) bond motifs is 1. The molecule has 0 saturated carbocycles. The molecule has 0 spiro atoms. The number of nitrogens with zero attached hydrogens (tertiary/aromatic N) is 2. The van der Waals surface area contributed by atoms with E-state index in [1.54, 1.807) is 7.11 Å². The topological polar surface area (TPSA) is 27.1 Å². The van der Waals surface area contributed by atoms with Gasteiger partial charge in [0.15, 0.2) is 0 Å². The van der Waals surface area contributed by atoms with Crippen molar-refractivity contribution in [2.45, 2.75) is 31.9 Å². The van der Waals surface area contributed by atoms with Gasteiger partial charge in [0.05, 0.1) is 29.1 Å². The zero-order valence-electron chi connectivity index (χ0n) is 10.7. The molecule has 5 heteroatoms. The molecule has 0 saturated heterocycles. The lowest BCUT2D eigenvalue weighted by Gasteiger charge is -2.15. The van der Waals surface area contributed by atoms with Gasteiger partial charge in [0.2, 0.25) is 0 Å². The fourth-order valence-corrected chi connectivity index (χ4v) is 2.46. The summed E-state index contributed by atoms with van der Waals surface area (Å²) < 4.78 is 8.50. The first-order chi connectivity index (χ1) is 8.52. The summed E-state index contributed by atoms with van der Waals surface area (Å²) in [6.07, 6.45) is 0.121. The van der Waals surface area contributed by atoms with Crippen LogP contribution in [0.15, 0.2) is 22.7 Å². The number of imidazole rings is 1. The molecule has 18 heavy (non-hydrogen) atoms. The summed E-state index contributed by atoms with van der Waals surface area (Å²) in [7, 11) is 1.71. The van der Waals surface area contributed by atoms with E-state index in [2.05, 4.69) is 31.5 Å². The number of rotatable bonds is 4. The average Bonchev–Trinajstić information content (AvgIpc) is 2.67. The molecule has 0 aliphatic heterocycles. The minimum absolute atomic E-state index is 0.121. The molecule has 98 valence electrons. The molecular weight excluding hydrogens is 316 g/mol. The van der Waals surface area contributed by atoms with Gasteiger partial charge in [-0.1, -0.05) is 15.9 Å². The summed E-state index contributed by atoms with van der Waals surface area (Å²) in [6.45, 7) is 4.72. The van der Waals surface area contributed by atoms with Crippen molar-refractivity contribution in [1.29, 1.82) is 0 Å². The summed E-state index contributed by atoms with van der Waals surface area (Å²) in [4.78, 5) is 4.60. The normalized spacial score (nSPS) is 14.9. The lowest BCUT2D eigenvalue weighted by atomic mass is 10.3. The van der Waals surface area contributed by atoms with Gasteiger partial charge in [0.1, 0.15) is 5.82 Å². The summed E-state index contributed by atoms with van der Waals surface area (Å²) in [5.41, 5.74) is 2.04. The van der Waals surface area contributed by atoms with E-state index >= 15 is 0 Å². The van der Waals surface area contributed by atoms with Crippen LogP contribution in [0, 0.1) is 0 Å². The van der Waals surface area contributed by atoms with Crippen LogP contribution >= 0.6 is 27.5 Å². The van der Waals surface area contributed by atoms with Crippen molar-refractivity contribution in [3.63, 3.8) is 0 Å². The van der Waals surface area contributed by atoms with E-state index in [0.717, 1.165) is 27.9 Å². The lowest BCUT2D eigenvalue weighted by molar-refractivity contribution is 0.103. The van der Waals surface area contributed by atoms with E-state index in [0.29, 0.717) is 0 Å². The van der Waals surface area contributed by atoms with E-state index in [9.17, 15) is 0 Å². The van der Waals surface area contributed by atoms with E-state index in [1.807, 2.05) is 26.0 Å². The van der Waals surface area contributed by atoms with Gasteiger partial charge in [0, 0.05) is 11.6 Å². The molecule has 1 heterocycles. The molecule has 1 aromatic carbocycles. The zero-order chi connectivity index (χ0) is 13.3. The number of halogens is 2. The first kappa shape index (κ1) is 13.8. The average molecular weight is 332 g/mol. The summed E-state index contributed by atoms with van der Waals surface area (Å²) in [5, 5.41) is -0.125. The molecule has 0 aliphatic carbocycles. The highest BCUT2D eigenvalue weighted by Gasteiger charge is 2.16. The quantitative estimate of drug-likeness (QED) is 0.788. The molecule has 0 fully saturated rings. The predicted molar refractivity (Wildman–Crippen MR) is 78.2 cm³/mol. The van der Waals surface area contributed by atoms with Crippen molar-refractivity contribution in [2.75, 3.05) is 7.11 Å². The Morgan fingerprint density at radius 3 is 2.78 bits per heavy atom. The highest BCUT2D eigenvalue weighted by Crippen LogP contribution is 2.27. The Kier molecular flexibility index (Phi) is 4.30. The van der Waals surface area contributed by atoms with Crippen molar-refractivity contribution in [1.82, 2.24) is 9.55 Å². The molecular formula is C13H16BrClN2O. The van der Waals surface area contributed by atoms with Crippen LogP contribution in [0.3, 0.4) is 0 Å². The van der Waals surface area contributed by atoms with Crippen LogP contribution in [0.4, 0.5) is 0 Å². The second kappa shape index (κ2) is 5.59. The SMILES string of the molecule is COC(C)Cn1c(C(C)Cl)nc2ccc(Br)cc21.